The SMILES string of the molecule is OC[C@@H]1O[C@@H](Oc2cccc(Oc3ccccc3)c2)[C@@H](O)[C@H](O)[C@H]1O. The van der Waals surface area contributed by atoms with Gasteiger partial charge in [0.1, 0.15) is 41.7 Å². The maximum atomic E-state index is 10.0. The molecule has 0 amide bonds. The number of hydrogen-bond donors (Lipinski definition) is 4. The van der Waals surface area contributed by atoms with Gasteiger partial charge in [0, 0.05) is 6.07 Å². The number of aliphatic hydroxyl groups is 4. The van der Waals surface area contributed by atoms with E-state index in [2.05, 4.69) is 0 Å². The molecule has 1 saturated heterocycles. The lowest BCUT2D eigenvalue weighted by Crippen LogP contribution is -2.60. The van der Waals surface area contributed by atoms with E-state index in [1.54, 1.807) is 24.3 Å². The zero-order valence-electron chi connectivity index (χ0n) is 13.3. The van der Waals surface area contributed by atoms with Crippen LogP contribution in [0, 0.1) is 0 Å². The molecule has 0 aromatic heterocycles. The number of ether oxygens (including phenoxy) is 3. The van der Waals surface area contributed by atoms with E-state index in [-0.39, 0.29) is 0 Å². The van der Waals surface area contributed by atoms with Crippen molar-refractivity contribution in [2.75, 3.05) is 6.61 Å². The summed E-state index contributed by atoms with van der Waals surface area (Å²) in [6, 6.07) is 15.9. The lowest BCUT2D eigenvalue weighted by Gasteiger charge is -2.39. The van der Waals surface area contributed by atoms with Gasteiger partial charge in [-0.1, -0.05) is 24.3 Å². The van der Waals surface area contributed by atoms with E-state index in [4.69, 9.17) is 14.2 Å². The van der Waals surface area contributed by atoms with Gasteiger partial charge in [-0.3, -0.25) is 0 Å². The minimum absolute atomic E-state index is 0.345. The summed E-state index contributed by atoms with van der Waals surface area (Å²) in [7, 11) is 0. The van der Waals surface area contributed by atoms with Gasteiger partial charge in [-0.15, -0.1) is 0 Å². The molecule has 5 atom stereocenters. The third-order valence-corrected chi connectivity index (χ3v) is 3.89. The Kier molecular flexibility index (Phi) is 5.52. The van der Waals surface area contributed by atoms with Crippen LogP contribution in [-0.4, -0.2) is 57.7 Å². The van der Waals surface area contributed by atoms with Crippen molar-refractivity contribution in [1.29, 1.82) is 0 Å². The highest BCUT2D eigenvalue weighted by Gasteiger charge is 2.44. The summed E-state index contributed by atoms with van der Waals surface area (Å²) >= 11 is 0. The molecule has 0 bridgehead atoms. The molecule has 0 spiro atoms. The first-order valence-corrected chi connectivity index (χ1v) is 7.88. The van der Waals surface area contributed by atoms with Crippen LogP contribution in [0.2, 0.25) is 0 Å². The van der Waals surface area contributed by atoms with E-state index in [1.807, 2.05) is 30.3 Å². The summed E-state index contributed by atoms with van der Waals surface area (Å²) in [5.74, 6) is 1.53. The highest BCUT2D eigenvalue weighted by molar-refractivity contribution is 5.36. The molecule has 0 unspecified atom stereocenters. The molecule has 4 N–H and O–H groups in total. The van der Waals surface area contributed by atoms with Gasteiger partial charge in [0.2, 0.25) is 6.29 Å². The van der Waals surface area contributed by atoms with Crippen molar-refractivity contribution in [3.63, 3.8) is 0 Å². The highest BCUT2D eigenvalue weighted by atomic mass is 16.7. The minimum Gasteiger partial charge on any atom is -0.462 e. The molecular weight excluding hydrogens is 328 g/mol. The standard InChI is InChI=1S/C18H20O7/c19-10-14-15(20)16(21)17(22)18(25-14)24-13-8-4-7-12(9-13)23-11-5-2-1-3-6-11/h1-9,14-22H,10H2/t14-,15-,16+,17-,18+/m0/s1. The summed E-state index contributed by atoms with van der Waals surface area (Å²) in [6.07, 6.45) is -6.63. The van der Waals surface area contributed by atoms with Crippen molar-refractivity contribution in [3.05, 3.63) is 54.6 Å². The molecule has 7 heteroatoms. The number of rotatable bonds is 5. The van der Waals surface area contributed by atoms with Crippen molar-refractivity contribution in [1.82, 2.24) is 0 Å². The topological polar surface area (TPSA) is 109 Å². The molecule has 1 fully saturated rings. The third-order valence-electron chi connectivity index (χ3n) is 3.89. The summed E-state index contributed by atoms with van der Waals surface area (Å²) < 4.78 is 16.6. The molecular formula is C18H20O7. The Morgan fingerprint density at radius 3 is 2.20 bits per heavy atom. The van der Waals surface area contributed by atoms with Crippen LogP contribution >= 0.6 is 0 Å². The van der Waals surface area contributed by atoms with Crippen molar-refractivity contribution < 1.29 is 34.6 Å². The quantitative estimate of drug-likeness (QED) is 0.628. The van der Waals surface area contributed by atoms with Crippen LogP contribution in [-0.2, 0) is 4.74 Å². The fourth-order valence-electron chi connectivity index (χ4n) is 2.53. The molecule has 134 valence electrons. The molecule has 1 aliphatic heterocycles. The molecule has 7 nitrogen and oxygen atoms in total. The second-order valence-corrected chi connectivity index (χ2v) is 5.71. The smallest absolute Gasteiger partial charge is 0.229 e. The summed E-state index contributed by atoms with van der Waals surface area (Å²) in [5, 5.41) is 38.8. The molecule has 2 aromatic carbocycles. The van der Waals surface area contributed by atoms with Gasteiger partial charge >= 0.3 is 0 Å². The lowest BCUT2D eigenvalue weighted by atomic mass is 9.99. The van der Waals surface area contributed by atoms with E-state index in [0.717, 1.165) is 0 Å². The summed E-state index contributed by atoms with van der Waals surface area (Å²) in [5.41, 5.74) is 0. The van der Waals surface area contributed by atoms with Gasteiger partial charge in [0.05, 0.1) is 6.61 Å². The molecule has 1 aliphatic rings. The predicted octanol–water partition coefficient (Wildman–Crippen LogP) is 0.658. The zero-order chi connectivity index (χ0) is 17.8. The maximum absolute atomic E-state index is 10.0. The maximum Gasteiger partial charge on any atom is 0.229 e. The van der Waals surface area contributed by atoms with E-state index in [1.165, 1.54) is 0 Å². The van der Waals surface area contributed by atoms with E-state index in [0.29, 0.717) is 17.2 Å². The lowest BCUT2D eigenvalue weighted by molar-refractivity contribution is -0.277. The minimum atomic E-state index is -1.49. The average molecular weight is 348 g/mol. The molecule has 1 heterocycles. The third kappa shape index (κ3) is 4.09. The first kappa shape index (κ1) is 17.7. The Labute approximate surface area is 144 Å². The largest absolute Gasteiger partial charge is 0.462 e. The zero-order valence-corrected chi connectivity index (χ0v) is 13.3. The number of aliphatic hydroxyl groups excluding tert-OH is 4. The van der Waals surface area contributed by atoms with Crippen LogP contribution in [0.4, 0.5) is 0 Å². The second-order valence-electron chi connectivity index (χ2n) is 5.71. The Morgan fingerprint density at radius 1 is 0.800 bits per heavy atom. The normalized spacial score (nSPS) is 29.2. The number of para-hydroxylation sites is 1. The Hall–Kier alpha value is -2.16. The Balaban J connectivity index is 1.71. The first-order valence-electron chi connectivity index (χ1n) is 7.88. The van der Waals surface area contributed by atoms with E-state index < -0.39 is 37.3 Å². The van der Waals surface area contributed by atoms with Gasteiger partial charge in [0.25, 0.3) is 0 Å². The van der Waals surface area contributed by atoms with Crippen LogP contribution in [0.15, 0.2) is 54.6 Å². The van der Waals surface area contributed by atoms with Gasteiger partial charge in [0.15, 0.2) is 0 Å². The average Bonchev–Trinajstić information content (AvgIpc) is 2.63. The van der Waals surface area contributed by atoms with Gasteiger partial charge in [-0.05, 0) is 24.3 Å². The predicted molar refractivity (Wildman–Crippen MR) is 87.4 cm³/mol. The number of benzene rings is 2. The number of hydrogen-bond acceptors (Lipinski definition) is 7. The first-order chi connectivity index (χ1) is 12.1. The van der Waals surface area contributed by atoms with Crippen LogP contribution in [0.3, 0.4) is 0 Å². The van der Waals surface area contributed by atoms with Crippen molar-refractivity contribution in [3.8, 4) is 17.2 Å². The van der Waals surface area contributed by atoms with Crippen LogP contribution in [0.25, 0.3) is 0 Å². The summed E-state index contributed by atoms with van der Waals surface area (Å²) in [6.45, 7) is -0.512. The van der Waals surface area contributed by atoms with Crippen molar-refractivity contribution in [2.24, 2.45) is 0 Å². The second kappa shape index (κ2) is 7.81. The Bertz CT molecular complexity index is 676. The van der Waals surface area contributed by atoms with Crippen LogP contribution < -0.4 is 9.47 Å². The molecule has 25 heavy (non-hydrogen) atoms. The highest BCUT2D eigenvalue weighted by Crippen LogP contribution is 2.28. The van der Waals surface area contributed by atoms with Crippen LogP contribution in [0.1, 0.15) is 0 Å². The molecule has 2 aromatic rings. The van der Waals surface area contributed by atoms with E-state index >= 15 is 0 Å². The summed E-state index contributed by atoms with van der Waals surface area (Å²) in [4.78, 5) is 0. The van der Waals surface area contributed by atoms with Gasteiger partial charge in [-0.2, -0.15) is 0 Å². The van der Waals surface area contributed by atoms with Gasteiger partial charge in [-0.25, -0.2) is 0 Å². The van der Waals surface area contributed by atoms with Crippen LogP contribution in [0.5, 0.6) is 17.2 Å². The molecule has 0 radical (unpaired) electrons. The van der Waals surface area contributed by atoms with E-state index in [9.17, 15) is 20.4 Å². The van der Waals surface area contributed by atoms with Gasteiger partial charge < -0.3 is 34.6 Å². The fourth-order valence-corrected chi connectivity index (χ4v) is 2.53. The molecule has 3 rings (SSSR count). The van der Waals surface area contributed by atoms with Crippen molar-refractivity contribution in [2.45, 2.75) is 30.7 Å². The van der Waals surface area contributed by atoms with Crippen molar-refractivity contribution >= 4 is 0 Å². The molecule has 0 saturated carbocycles. The Morgan fingerprint density at radius 2 is 1.48 bits per heavy atom. The fraction of sp³-hybridized carbons (Fsp3) is 0.333. The monoisotopic (exact) mass is 348 g/mol. The molecule has 0 aliphatic carbocycles.